The van der Waals surface area contributed by atoms with E-state index in [9.17, 15) is 4.79 Å². The van der Waals surface area contributed by atoms with E-state index in [-0.39, 0.29) is 11.9 Å². The number of carbonyl (C=O) groups excluding carboxylic acids is 1. The molecule has 5 heteroatoms. The first-order valence-corrected chi connectivity index (χ1v) is 6.10. The van der Waals surface area contributed by atoms with Crippen molar-refractivity contribution in [1.29, 1.82) is 0 Å². The molecule has 1 fully saturated rings. The van der Waals surface area contributed by atoms with Gasteiger partial charge in [0.25, 0.3) is 0 Å². The lowest BCUT2D eigenvalue weighted by Gasteiger charge is -2.15. The van der Waals surface area contributed by atoms with Gasteiger partial charge in [0, 0.05) is 37.8 Å². The molecule has 17 heavy (non-hydrogen) atoms. The van der Waals surface area contributed by atoms with Gasteiger partial charge in [0.1, 0.15) is 0 Å². The third-order valence-corrected chi connectivity index (χ3v) is 3.22. The van der Waals surface area contributed by atoms with Gasteiger partial charge in [-0.15, -0.1) is 0 Å². The minimum absolute atomic E-state index is 0.160. The molecule has 1 saturated heterocycles. The summed E-state index contributed by atoms with van der Waals surface area (Å²) in [5.74, 6) is 0.186. The second-order valence-corrected chi connectivity index (χ2v) is 4.79. The van der Waals surface area contributed by atoms with Crippen LogP contribution in [0, 0.1) is 13.8 Å². The average Bonchev–Trinajstić information content (AvgIpc) is 2.82. The molecule has 0 unspecified atom stereocenters. The highest BCUT2D eigenvalue weighted by Gasteiger charge is 2.23. The number of carbonyl (C=O) groups is 1. The Balaban J connectivity index is 1.86. The van der Waals surface area contributed by atoms with Gasteiger partial charge >= 0.3 is 0 Å². The summed E-state index contributed by atoms with van der Waals surface area (Å²) in [6, 6.07) is 2.18. The molecule has 1 atom stereocenters. The van der Waals surface area contributed by atoms with Crippen LogP contribution in [0.25, 0.3) is 0 Å². The molecule has 0 aromatic carbocycles. The highest BCUT2D eigenvalue weighted by atomic mass is 16.2. The van der Waals surface area contributed by atoms with Gasteiger partial charge in [0.15, 0.2) is 0 Å². The van der Waals surface area contributed by atoms with Crippen molar-refractivity contribution >= 4 is 5.91 Å². The van der Waals surface area contributed by atoms with Gasteiger partial charge in [-0.1, -0.05) is 0 Å². The largest absolute Gasteiger partial charge is 0.341 e. The van der Waals surface area contributed by atoms with Gasteiger partial charge < -0.3 is 10.6 Å². The van der Waals surface area contributed by atoms with Crippen LogP contribution in [-0.2, 0) is 11.3 Å². The van der Waals surface area contributed by atoms with E-state index < -0.39 is 0 Å². The van der Waals surface area contributed by atoms with Crippen LogP contribution in [0.5, 0.6) is 0 Å². The number of rotatable bonds is 3. The van der Waals surface area contributed by atoms with E-state index in [1.807, 2.05) is 29.5 Å². The number of nitrogens with zero attached hydrogens (tertiary/aromatic N) is 3. The fourth-order valence-electron chi connectivity index (χ4n) is 2.27. The van der Waals surface area contributed by atoms with Crippen LogP contribution in [0.15, 0.2) is 6.07 Å². The maximum atomic E-state index is 11.9. The van der Waals surface area contributed by atoms with E-state index in [1.54, 1.807) is 0 Å². The number of likely N-dealkylation sites (tertiary alicyclic amines) is 1. The average molecular weight is 236 g/mol. The molecule has 2 N–H and O–H groups in total. The summed E-state index contributed by atoms with van der Waals surface area (Å²) in [6.07, 6.45) is 1.43. The summed E-state index contributed by atoms with van der Waals surface area (Å²) in [5.41, 5.74) is 7.89. The van der Waals surface area contributed by atoms with Gasteiger partial charge in [0.2, 0.25) is 5.91 Å². The Bertz CT molecular complexity index is 413. The molecule has 5 nitrogen and oxygen atoms in total. The van der Waals surface area contributed by atoms with E-state index in [1.165, 1.54) is 0 Å². The highest BCUT2D eigenvalue weighted by molar-refractivity contribution is 5.76. The second-order valence-electron chi connectivity index (χ2n) is 4.79. The van der Waals surface area contributed by atoms with Crippen LogP contribution in [0.2, 0.25) is 0 Å². The molecule has 0 saturated carbocycles. The van der Waals surface area contributed by atoms with E-state index in [0.29, 0.717) is 19.5 Å². The van der Waals surface area contributed by atoms with E-state index >= 15 is 0 Å². The minimum atomic E-state index is 0.160. The van der Waals surface area contributed by atoms with Gasteiger partial charge in [-0.25, -0.2) is 0 Å². The van der Waals surface area contributed by atoms with Crippen LogP contribution in [0.4, 0.5) is 0 Å². The smallest absolute Gasteiger partial charge is 0.224 e. The minimum Gasteiger partial charge on any atom is -0.341 e. The molecule has 2 rings (SSSR count). The number of hydrogen-bond acceptors (Lipinski definition) is 3. The van der Waals surface area contributed by atoms with Crippen LogP contribution >= 0.6 is 0 Å². The first kappa shape index (κ1) is 12.1. The first-order chi connectivity index (χ1) is 8.06. The number of nitrogens with two attached hydrogens (primary N) is 1. The third kappa shape index (κ3) is 2.85. The molecular weight excluding hydrogens is 216 g/mol. The zero-order chi connectivity index (χ0) is 12.4. The fraction of sp³-hybridized carbons (Fsp3) is 0.667. The monoisotopic (exact) mass is 236 g/mol. The molecule has 1 aromatic heterocycles. The summed E-state index contributed by atoms with van der Waals surface area (Å²) in [7, 11) is 0. The summed E-state index contributed by atoms with van der Waals surface area (Å²) in [4.78, 5) is 13.8. The molecule has 2 heterocycles. The lowest BCUT2D eigenvalue weighted by Crippen LogP contribution is -2.32. The van der Waals surface area contributed by atoms with Crippen molar-refractivity contribution in [2.45, 2.75) is 39.3 Å². The lowest BCUT2D eigenvalue weighted by molar-refractivity contribution is -0.130. The van der Waals surface area contributed by atoms with Gasteiger partial charge in [-0.3, -0.25) is 9.48 Å². The summed E-state index contributed by atoms with van der Waals surface area (Å²) < 4.78 is 1.89. The number of aromatic nitrogens is 2. The predicted molar refractivity (Wildman–Crippen MR) is 65.5 cm³/mol. The normalized spacial score (nSPS) is 19.9. The molecule has 1 aliphatic heterocycles. The quantitative estimate of drug-likeness (QED) is 0.828. The van der Waals surface area contributed by atoms with E-state index in [2.05, 4.69) is 5.10 Å². The van der Waals surface area contributed by atoms with Gasteiger partial charge in [-0.05, 0) is 26.3 Å². The van der Waals surface area contributed by atoms with Crippen LogP contribution in [0.3, 0.4) is 0 Å². The van der Waals surface area contributed by atoms with Crippen LogP contribution in [-0.4, -0.2) is 39.7 Å². The Kier molecular flexibility index (Phi) is 3.47. The molecule has 1 aliphatic rings. The number of hydrogen-bond donors (Lipinski definition) is 1. The van der Waals surface area contributed by atoms with Gasteiger partial charge in [-0.2, -0.15) is 5.10 Å². The predicted octanol–water partition coefficient (Wildman–Crippen LogP) is 0.450. The molecule has 0 radical (unpaired) electrons. The van der Waals surface area contributed by atoms with Crippen molar-refractivity contribution in [3.8, 4) is 0 Å². The fourth-order valence-corrected chi connectivity index (χ4v) is 2.27. The second kappa shape index (κ2) is 4.87. The Hall–Kier alpha value is -1.36. The Morgan fingerprint density at radius 2 is 2.35 bits per heavy atom. The zero-order valence-electron chi connectivity index (χ0n) is 10.5. The maximum Gasteiger partial charge on any atom is 0.224 e. The van der Waals surface area contributed by atoms with Crippen molar-refractivity contribution in [2.75, 3.05) is 13.1 Å². The third-order valence-electron chi connectivity index (χ3n) is 3.22. The number of amides is 1. The van der Waals surface area contributed by atoms with Crippen molar-refractivity contribution in [1.82, 2.24) is 14.7 Å². The molecule has 1 aromatic rings. The van der Waals surface area contributed by atoms with Gasteiger partial charge in [0.05, 0.1) is 5.69 Å². The van der Waals surface area contributed by atoms with Crippen molar-refractivity contribution in [3.05, 3.63) is 17.5 Å². The molecule has 0 aliphatic carbocycles. The van der Waals surface area contributed by atoms with E-state index in [4.69, 9.17) is 5.73 Å². The van der Waals surface area contributed by atoms with Crippen molar-refractivity contribution in [3.63, 3.8) is 0 Å². The zero-order valence-corrected chi connectivity index (χ0v) is 10.5. The highest BCUT2D eigenvalue weighted by Crippen LogP contribution is 2.10. The van der Waals surface area contributed by atoms with Crippen molar-refractivity contribution in [2.24, 2.45) is 5.73 Å². The van der Waals surface area contributed by atoms with Crippen molar-refractivity contribution < 1.29 is 4.79 Å². The Morgan fingerprint density at radius 3 is 2.88 bits per heavy atom. The Labute approximate surface area is 102 Å². The maximum absolute atomic E-state index is 11.9. The summed E-state index contributed by atoms with van der Waals surface area (Å²) in [5, 5.41) is 4.34. The summed E-state index contributed by atoms with van der Waals surface area (Å²) >= 11 is 0. The molecule has 1 amide bonds. The molecule has 0 spiro atoms. The molecule has 94 valence electrons. The van der Waals surface area contributed by atoms with E-state index in [0.717, 1.165) is 24.4 Å². The SMILES string of the molecule is Cc1cc(C)n(CCC(=O)N2CC[C@@H](N)C2)n1. The molecular formula is C12H20N4O. The molecule has 0 bridgehead atoms. The first-order valence-electron chi connectivity index (χ1n) is 6.10. The van der Waals surface area contributed by atoms with Crippen LogP contribution < -0.4 is 5.73 Å². The van der Waals surface area contributed by atoms with Crippen LogP contribution in [0.1, 0.15) is 24.2 Å². The Morgan fingerprint density at radius 1 is 1.59 bits per heavy atom. The topological polar surface area (TPSA) is 64.2 Å². The standard InChI is InChI=1S/C12H20N4O/c1-9-7-10(2)16(14-9)6-4-12(17)15-5-3-11(13)8-15/h7,11H,3-6,8,13H2,1-2H3/t11-/m1/s1. The summed E-state index contributed by atoms with van der Waals surface area (Å²) in [6.45, 7) is 6.14. The number of aryl methyl sites for hydroxylation is 3. The lowest BCUT2D eigenvalue weighted by atomic mass is 10.3.